The number of carbonyl (C=O) groups excluding carboxylic acids is 1. The first-order valence-corrected chi connectivity index (χ1v) is 10.5. The minimum Gasteiger partial charge on any atom is -0.341 e. The number of thioether (sulfide) groups is 1. The maximum atomic E-state index is 13.7. The summed E-state index contributed by atoms with van der Waals surface area (Å²) in [5.74, 6) is -0.170. The molecule has 8 heteroatoms. The monoisotopic (exact) mass is 416 g/mol. The highest BCUT2D eigenvalue weighted by Gasteiger charge is 2.14. The van der Waals surface area contributed by atoms with E-state index in [1.54, 1.807) is 25.2 Å². The van der Waals surface area contributed by atoms with Gasteiger partial charge >= 0.3 is 0 Å². The molecule has 0 aliphatic carbocycles. The number of aryl methyl sites for hydroxylation is 2. The third-order valence-corrected chi connectivity index (χ3v) is 6.23. The summed E-state index contributed by atoms with van der Waals surface area (Å²) in [6.07, 6.45) is 0. The number of aromatic nitrogens is 2. The van der Waals surface area contributed by atoms with E-state index in [2.05, 4.69) is 41.5 Å². The minimum absolute atomic E-state index is 0.0906. The SMILES string of the molecule is Cc1ccc(Nc2nnc(SCC(=O)N(C)Cc3ccccc3F)s2)cc1C. The number of rotatable bonds is 7. The molecule has 3 rings (SSSR count). The molecule has 0 saturated heterocycles. The lowest BCUT2D eigenvalue weighted by atomic mass is 10.1. The average Bonchev–Trinajstić information content (AvgIpc) is 3.12. The largest absolute Gasteiger partial charge is 0.341 e. The Morgan fingerprint density at radius 3 is 2.71 bits per heavy atom. The molecule has 28 heavy (non-hydrogen) atoms. The van der Waals surface area contributed by atoms with Gasteiger partial charge in [-0.25, -0.2) is 4.39 Å². The van der Waals surface area contributed by atoms with Crippen LogP contribution in [0.15, 0.2) is 46.8 Å². The van der Waals surface area contributed by atoms with E-state index < -0.39 is 0 Å². The molecule has 0 atom stereocenters. The Kier molecular flexibility index (Phi) is 6.64. The van der Waals surface area contributed by atoms with Crippen molar-refractivity contribution in [3.05, 3.63) is 65.0 Å². The average molecular weight is 417 g/mol. The second-order valence-corrected chi connectivity index (χ2v) is 8.63. The van der Waals surface area contributed by atoms with Crippen molar-refractivity contribution < 1.29 is 9.18 Å². The summed E-state index contributed by atoms with van der Waals surface area (Å²) in [7, 11) is 1.67. The fourth-order valence-electron chi connectivity index (χ4n) is 2.47. The summed E-state index contributed by atoms with van der Waals surface area (Å²) in [6, 6.07) is 12.6. The second-order valence-electron chi connectivity index (χ2n) is 6.43. The van der Waals surface area contributed by atoms with E-state index in [1.165, 1.54) is 45.2 Å². The van der Waals surface area contributed by atoms with Gasteiger partial charge in [0.25, 0.3) is 0 Å². The summed E-state index contributed by atoms with van der Waals surface area (Å²) < 4.78 is 14.4. The summed E-state index contributed by atoms with van der Waals surface area (Å²) in [5.41, 5.74) is 3.89. The smallest absolute Gasteiger partial charge is 0.233 e. The van der Waals surface area contributed by atoms with E-state index in [1.807, 2.05) is 6.07 Å². The van der Waals surface area contributed by atoms with Gasteiger partial charge < -0.3 is 10.2 Å². The molecule has 1 N–H and O–H groups in total. The topological polar surface area (TPSA) is 58.1 Å². The Morgan fingerprint density at radius 2 is 1.96 bits per heavy atom. The van der Waals surface area contributed by atoms with Crippen LogP contribution >= 0.6 is 23.1 Å². The van der Waals surface area contributed by atoms with Crippen molar-refractivity contribution in [3.63, 3.8) is 0 Å². The quantitative estimate of drug-likeness (QED) is 0.561. The van der Waals surface area contributed by atoms with Crippen molar-refractivity contribution in [1.82, 2.24) is 15.1 Å². The number of benzene rings is 2. The third-order valence-electron chi connectivity index (χ3n) is 4.27. The number of hydrogen-bond donors (Lipinski definition) is 1. The van der Waals surface area contributed by atoms with Gasteiger partial charge in [-0.05, 0) is 43.2 Å². The van der Waals surface area contributed by atoms with E-state index in [0.29, 0.717) is 15.0 Å². The summed E-state index contributed by atoms with van der Waals surface area (Å²) in [5, 5.41) is 12.2. The number of nitrogens with zero attached hydrogens (tertiary/aromatic N) is 3. The van der Waals surface area contributed by atoms with Crippen LogP contribution in [0.2, 0.25) is 0 Å². The lowest BCUT2D eigenvalue weighted by molar-refractivity contribution is -0.127. The van der Waals surface area contributed by atoms with E-state index in [0.717, 1.165) is 5.69 Å². The Balaban J connectivity index is 1.52. The molecular formula is C20H21FN4OS2. The molecule has 1 heterocycles. The number of nitrogens with one attached hydrogen (secondary N) is 1. The zero-order valence-corrected chi connectivity index (χ0v) is 17.5. The van der Waals surface area contributed by atoms with Crippen molar-refractivity contribution in [1.29, 1.82) is 0 Å². The molecule has 0 aliphatic rings. The molecule has 2 aromatic carbocycles. The van der Waals surface area contributed by atoms with Gasteiger partial charge in [0.1, 0.15) is 5.82 Å². The van der Waals surface area contributed by atoms with Crippen LogP contribution in [0.25, 0.3) is 0 Å². The second kappa shape index (κ2) is 9.16. The van der Waals surface area contributed by atoms with Crippen LogP contribution in [0.3, 0.4) is 0 Å². The highest BCUT2D eigenvalue weighted by molar-refractivity contribution is 8.01. The summed E-state index contributed by atoms with van der Waals surface area (Å²) in [6.45, 7) is 4.37. The molecule has 0 unspecified atom stereocenters. The minimum atomic E-state index is -0.305. The van der Waals surface area contributed by atoms with Crippen LogP contribution in [0.4, 0.5) is 15.2 Å². The van der Waals surface area contributed by atoms with E-state index >= 15 is 0 Å². The number of amides is 1. The molecule has 0 spiro atoms. The van der Waals surface area contributed by atoms with Gasteiger partial charge in [0.2, 0.25) is 11.0 Å². The van der Waals surface area contributed by atoms with Crippen LogP contribution in [-0.2, 0) is 11.3 Å². The van der Waals surface area contributed by atoms with Crippen molar-refractivity contribution in [2.75, 3.05) is 18.1 Å². The van der Waals surface area contributed by atoms with Gasteiger partial charge in [-0.3, -0.25) is 4.79 Å². The van der Waals surface area contributed by atoms with E-state index in [4.69, 9.17) is 0 Å². The van der Waals surface area contributed by atoms with Gasteiger partial charge in [-0.15, -0.1) is 10.2 Å². The molecule has 5 nitrogen and oxygen atoms in total. The zero-order valence-electron chi connectivity index (χ0n) is 15.9. The van der Waals surface area contributed by atoms with Crippen molar-refractivity contribution in [3.8, 4) is 0 Å². The fourth-order valence-corrected chi connectivity index (χ4v) is 4.18. The van der Waals surface area contributed by atoms with Gasteiger partial charge in [0.15, 0.2) is 4.34 Å². The fraction of sp³-hybridized carbons (Fsp3) is 0.250. The van der Waals surface area contributed by atoms with Gasteiger partial charge in [0, 0.05) is 24.8 Å². The van der Waals surface area contributed by atoms with Crippen LogP contribution in [0, 0.1) is 19.7 Å². The van der Waals surface area contributed by atoms with E-state index in [9.17, 15) is 9.18 Å². The molecule has 146 valence electrons. The summed E-state index contributed by atoms with van der Waals surface area (Å²) >= 11 is 2.73. The molecule has 0 radical (unpaired) electrons. The maximum absolute atomic E-state index is 13.7. The Labute approximate surface area is 172 Å². The number of carbonyl (C=O) groups is 1. The zero-order chi connectivity index (χ0) is 20.1. The molecule has 3 aromatic rings. The number of hydrogen-bond acceptors (Lipinski definition) is 6. The van der Waals surface area contributed by atoms with Crippen LogP contribution < -0.4 is 5.32 Å². The Hall–Kier alpha value is -2.45. The first-order chi connectivity index (χ1) is 13.4. The molecular weight excluding hydrogens is 395 g/mol. The molecule has 1 amide bonds. The van der Waals surface area contributed by atoms with Gasteiger partial charge in [0.05, 0.1) is 5.75 Å². The first kappa shape index (κ1) is 20.3. The highest BCUT2D eigenvalue weighted by Crippen LogP contribution is 2.28. The highest BCUT2D eigenvalue weighted by atomic mass is 32.2. The van der Waals surface area contributed by atoms with Crippen LogP contribution in [-0.4, -0.2) is 33.8 Å². The van der Waals surface area contributed by atoms with Gasteiger partial charge in [-0.2, -0.15) is 0 Å². The van der Waals surface area contributed by atoms with Gasteiger partial charge in [-0.1, -0.05) is 47.4 Å². The first-order valence-electron chi connectivity index (χ1n) is 8.70. The standard InChI is InChI=1S/C20H21FN4OS2/c1-13-8-9-16(10-14(13)2)22-19-23-24-20(28-19)27-12-18(26)25(3)11-15-6-4-5-7-17(15)21/h4-10H,11-12H2,1-3H3,(H,22,23). The molecule has 0 fully saturated rings. The van der Waals surface area contributed by atoms with Crippen molar-refractivity contribution in [2.24, 2.45) is 0 Å². The predicted molar refractivity (Wildman–Crippen MR) is 113 cm³/mol. The lowest BCUT2D eigenvalue weighted by Gasteiger charge is -2.17. The molecule has 1 aromatic heterocycles. The Morgan fingerprint density at radius 1 is 1.18 bits per heavy atom. The van der Waals surface area contributed by atoms with E-state index in [-0.39, 0.29) is 24.0 Å². The molecule has 0 aliphatic heterocycles. The van der Waals surface area contributed by atoms with Crippen LogP contribution in [0.5, 0.6) is 0 Å². The molecule has 0 bridgehead atoms. The Bertz CT molecular complexity index is 976. The number of anilines is 2. The van der Waals surface area contributed by atoms with Crippen molar-refractivity contribution in [2.45, 2.75) is 24.7 Å². The van der Waals surface area contributed by atoms with Crippen molar-refractivity contribution >= 4 is 39.8 Å². The number of halogens is 1. The summed E-state index contributed by atoms with van der Waals surface area (Å²) in [4.78, 5) is 13.8. The lowest BCUT2D eigenvalue weighted by Crippen LogP contribution is -2.28. The molecule has 0 saturated carbocycles. The van der Waals surface area contributed by atoms with Crippen LogP contribution in [0.1, 0.15) is 16.7 Å². The predicted octanol–water partition coefficient (Wildman–Crippen LogP) is 4.79. The normalized spacial score (nSPS) is 10.7. The third kappa shape index (κ3) is 5.30. The maximum Gasteiger partial charge on any atom is 0.233 e.